The van der Waals surface area contributed by atoms with Crippen LogP contribution < -0.4 is 0 Å². The summed E-state index contributed by atoms with van der Waals surface area (Å²) >= 11 is 0. The van der Waals surface area contributed by atoms with Gasteiger partial charge in [0.2, 0.25) is 10.0 Å². The van der Waals surface area contributed by atoms with Gasteiger partial charge < -0.3 is 9.67 Å². The first-order valence-corrected chi connectivity index (χ1v) is 11.1. The Balaban J connectivity index is 1.65. The lowest BCUT2D eigenvalue weighted by Gasteiger charge is -2.25. The fourth-order valence-corrected chi connectivity index (χ4v) is 5.37. The van der Waals surface area contributed by atoms with Gasteiger partial charge in [-0.2, -0.15) is 4.31 Å². The molecule has 0 aliphatic heterocycles. The monoisotopic (exact) mass is 386 g/mol. The number of rotatable bonds is 6. The van der Waals surface area contributed by atoms with Crippen LogP contribution in [0.1, 0.15) is 20.3 Å². The molecule has 2 atom stereocenters. The number of benzene rings is 2. The molecule has 27 heavy (non-hydrogen) atoms. The zero-order chi connectivity index (χ0) is 19.4. The Labute approximate surface area is 160 Å². The van der Waals surface area contributed by atoms with Crippen LogP contribution in [0.25, 0.3) is 21.8 Å². The van der Waals surface area contributed by atoms with E-state index in [1.54, 1.807) is 0 Å². The number of para-hydroxylation sites is 2. The lowest BCUT2D eigenvalue weighted by Crippen LogP contribution is -2.41. The molecule has 1 N–H and O–H groups in total. The van der Waals surface area contributed by atoms with Gasteiger partial charge in [0.25, 0.3) is 0 Å². The Kier molecular flexibility index (Phi) is 4.33. The molecule has 0 bridgehead atoms. The summed E-state index contributed by atoms with van der Waals surface area (Å²) in [7, 11) is -3.37. The van der Waals surface area contributed by atoms with Crippen LogP contribution in [-0.2, 0) is 16.6 Å². The van der Waals surface area contributed by atoms with Crippen LogP contribution >= 0.6 is 0 Å². The van der Waals surface area contributed by atoms with Gasteiger partial charge in [-0.15, -0.1) is 0 Å². The molecule has 0 amide bonds. The molecular weight excluding hydrogens is 360 g/mol. The number of sulfonamides is 1. The lowest BCUT2D eigenvalue weighted by atomic mass is 10.2. The Morgan fingerprint density at radius 3 is 2.04 bits per heavy atom. The average Bonchev–Trinajstić information content (AvgIpc) is 3.12. The Hall–Kier alpha value is -1.89. The van der Waals surface area contributed by atoms with Crippen LogP contribution in [0.3, 0.4) is 0 Å². The summed E-state index contributed by atoms with van der Waals surface area (Å²) in [6.45, 7) is 4.60. The molecule has 2 aromatic carbocycles. The molecule has 1 saturated carbocycles. The second kappa shape index (κ2) is 6.33. The van der Waals surface area contributed by atoms with E-state index >= 15 is 0 Å². The van der Waals surface area contributed by atoms with Gasteiger partial charge in [-0.1, -0.05) is 50.2 Å². The van der Waals surface area contributed by atoms with Crippen molar-refractivity contribution in [3.05, 3.63) is 48.5 Å². The highest BCUT2D eigenvalue weighted by Crippen LogP contribution is 2.49. The van der Waals surface area contributed by atoms with Crippen molar-refractivity contribution in [3.63, 3.8) is 0 Å². The van der Waals surface area contributed by atoms with E-state index in [1.807, 2.05) is 36.4 Å². The molecule has 144 valence electrons. The number of aromatic nitrogens is 1. The van der Waals surface area contributed by atoms with Crippen molar-refractivity contribution in [2.24, 2.45) is 5.41 Å². The molecule has 0 spiro atoms. The third kappa shape index (κ3) is 3.37. The second-order valence-electron chi connectivity index (χ2n) is 8.34. The zero-order valence-corrected chi connectivity index (χ0v) is 16.8. The van der Waals surface area contributed by atoms with Gasteiger partial charge in [0.05, 0.1) is 18.9 Å². The van der Waals surface area contributed by atoms with Gasteiger partial charge in [0.1, 0.15) is 0 Å². The molecule has 1 aliphatic carbocycles. The van der Waals surface area contributed by atoms with E-state index < -0.39 is 16.1 Å². The first-order valence-electron chi connectivity index (χ1n) is 9.29. The molecule has 4 rings (SSSR count). The van der Waals surface area contributed by atoms with Crippen LogP contribution in [-0.4, -0.2) is 47.3 Å². The number of fused-ring (bicyclic) bond motifs is 3. The van der Waals surface area contributed by atoms with E-state index in [2.05, 4.69) is 30.5 Å². The second-order valence-corrected chi connectivity index (χ2v) is 10.3. The van der Waals surface area contributed by atoms with Crippen LogP contribution in [0.5, 0.6) is 0 Å². The summed E-state index contributed by atoms with van der Waals surface area (Å²) in [6, 6.07) is 16.2. The number of aliphatic hydroxyl groups excluding tert-OH is 1. The lowest BCUT2D eigenvalue weighted by molar-refractivity contribution is 0.125. The van der Waals surface area contributed by atoms with Crippen molar-refractivity contribution in [2.45, 2.75) is 39.0 Å². The minimum atomic E-state index is -3.37. The highest BCUT2D eigenvalue weighted by molar-refractivity contribution is 7.88. The first kappa shape index (κ1) is 18.5. The third-order valence-corrected chi connectivity index (χ3v) is 6.95. The van der Waals surface area contributed by atoms with Crippen LogP contribution in [0.15, 0.2) is 48.5 Å². The van der Waals surface area contributed by atoms with Crippen molar-refractivity contribution in [1.82, 2.24) is 8.87 Å². The average molecular weight is 387 g/mol. The van der Waals surface area contributed by atoms with Gasteiger partial charge in [-0.25, -0.2) is 8.42 Å². The highest BCUT2D eigenvalue weighted by Gasteiger charge is 2.52. The normalized spacial score (nSPS) is 20.4. The Morgan fingerprint density at radius 2 is 1.59 bits per heavy atom. The van der Waals surface area contributed by atoms with Crippen molar-refractivity contribution in [3.8, 4) is 0 Å². The molecule has 0 radical (unpaired) electrons. The number of nitrogens with zero attached hydrogens (tertiary/aromatic N) is 2. The van der Waals surface area contributed by atoms with Crippen molar-refractivity contribution >= 4 is 31.8 Å². The molecule has 1 fully saturated rings. The minimum absolute atomic E-state index is 0.0182. The van der Waals surface area contributed by atoms with Gasteiger partial charge >= 0.3 is 0 Å². The van der Waals surface area contributed by atoms with Crippen LogP contribution in [0, 0.1) is 5.41 Å². The number of aliphatic hydroxyl groups is 1. The Bertz CT molecular complexity index is 1050. The van der Waals surface area contributed by atoms with Crippen molar-refractivity contribution < 1.29 is 13.5 Å². The topological polar surface area (TPSA) is 62.5 Å². The highest BCUT2D eigenvalue weighted by atomic mass is 32.2. The SMILES string of the molecule is CC1(C)CC1N(CC(O)Cn1c2ccccc2c2ccccc21)S(C)(=O)=O. The van der Waals surface area contributed by atoms with E-state index in [4.69, 9.17) is 0 Å². The predicted molar refractivity (Wildman–Crippen MR) is 109 cm³/mol. The zero-order valence-electron chi connectivity index (χ0n) is 16.0. The molecule has 6 heteroatoms. The summed E-state index contributed by atoms with van der Waals surface area (Å²) in [5.74, 6) is 0. The third-order valence-electron chi connectivity index (χ3n) is 5.70. The van der Waals surface area contributed by atoms with Gasteiger partial charge in [0, 0.05) is 34.4 Å². The van der Waals surface area contributed by atoms with Crippen molar-refractivity contribution in [1.29, 1.82) is 0 Å². The van der Waals surface area contributed by atoms with E-state index in [9.17, 15) is 13.5 Å². The standard InChI is InChI=1S/C21H26N2O3S/c1-21(2)12-20(21)23(27(3,25)26)14-15(24)13-22-18-10-6-4-8-16(18)17-9-5-7-11-19(17)22/h4-11,15,20,24H,12-14H2,1-3H3. The molecule has 1 aliphatic rings. The fraction of sp³-hybridized carbons (Fsp3) is 0.429. The smallest absolute Gasteiger partial charge is 0.211 e. The van der Waals surface area contributed by atoms with Crippen LogP contribution in [0.2, 0.25) is 0 Å². The fourth-order valence-electron chi connectivity index (χ4n) is 4.10. The van der Waals surface area contributed by atoms with E-state index in [1.165, 1.54) is 10.6 Å². The largest absolute Gasteiger partial charge is 0.390 e. The number of hydrogen-bond donors (Lipinski definition) is 1. The quantitative estimate of drug-likeness (QED) is 0.708. The van der Waals surface area contributed by atoms with Gasteiger partial charge in [-0.05, 0) is 24.0 Å². The van der Waals surface area contributed by atoms with E-state index in [0.717, 1.165) is 28.2 Å². The van der Waals surface area contributed by atoms with E-state index in [0.29, 0.717) is 6.54 Å². The number of hydrogen-bond acceptors (Lipinski definition) is 3. The van der Waals surface area contributed by atoms with E-state index in [-0.39, 0.29) is 18.0 Å². The van der Waals surface area contributed by atoms with Gasteiger partial charge in [0.15, 0.2) is 0 Å². The molecular formula is C21H26N2O3S. The predicted octanol–water partition coefficient (Wildman–Crippen LogP) is 3.22. The molecule has 3 aromatic rings. The maximum absolute atomic E-state index is 12.3. The molecule has 1 heterocycles. The molecule has 2 unspecified atom stereocenters. The van der Waals surface area contributed by atoms with Gasteiger partial charge in [-0.3, -0.25) is 0 Å². The molecule has 5 nitrogen and oxygen atoms in total. The Morgan fingerprint density at radius 1 is 1.11 bits per heavy atom. The molecule has 0 saturated heterocycles. The minimum Gasteiger partial charge on any atom is -0.390 e. The summed E-state index contributed by atoms with van der Waals surface area (Å²) in [5, 5.41) is 13.1. The summed E-state index contributed by atoms with van der Waals surface area (Å²) in [4.78, 5) is 0. The summed E-state index contributed by atoms with van der Waals surface area (Å²) in [6.07, 6.45) is 1.28. The summed E-state index contributed by atoms with van der Waals surface area (Å²) < 4.78 is 28.1. The maximum atomic E-state index is 12.3. The first-order chi connectivity index (χ1) is 12.7. The van der Waals surface area contributed by atoms with Crippen molar-refractivity contribution in [2.75, 3.05) is 12.8 Å². The maximum Gasteiger partial charge on any atom is 0.211 e. The van der Waals surface area contributed by atoms with Crippen LogP contribution in [0.4, 0.5) is 0 Å². The summed E-state index contributed by atoms with van der Waals surface area (Å²) in [5.41, 5.74) is 2.08. The molecule has 1 aromatic heterocycles.